The molecule has 0 N–H and O–H groups in total. The molecule has 1 atom stereocenters. The normalized spacial score (nSPS) is 29.1. The Hall–Kier alpha value is -0.590. The second kappa shape index (κ2) is 2.65. The van der Waals surface area contributed by atoms with Crippen molar-refractivity contribution in [3.63, 3.8) is 0 Å². The molecule has 1 rings (SSSR count). The number of hydrogen-bond donors (Lipinski definition) is 0. The van der Waals surface area contributed by atoms with E-state index in [0.29, 0.717) is 19.8 Å². The summed E-state index contributed by atoms with van der Waals surface area (Å²) in [5.74, 6) is 0. The molecule has 0 radical (unpaired) electrons. The van der Waals surface area contributed by atoms with Crippen LogP contribution in [-0.4, -0.2) is 25.9 Å². The van der Waals surface area contributed by atoms with E-state index in [0.717, 1.165) is 0 Å². The Morgan fingerprint density at radius 1 is 1.50 bits per heavy atom. The van der Waals surface area contributed by atoms with Crippen molar-refractivity contribution in [3.8, 4) is 6.07 Å². The van der Waals surface area contributed by atoms with Crippen LogP contribution >= 0.6 is 0 Å². The molecule has 0 aliphatic carbocycles. The average molecular weight is 113 g/mol. The van der Waals surface area contributed by atoms with E-state index in [4.69, 9.17) is 14.7 Å². The van der Waals surface area contributed by atoms with Crippen molar-refractivity contribution in [3.05, 3.63) is 0 Å². The fourth-order valence-corrected chi connectivity index (χ4v) is 0.562. The first-order chi connectivity index (χ1) is 3.93. The molecule has 1 fully saturated rings. The molecular formula is C5H7NO2. The maximum atomic E-state index is 8.24. The minimum Gasteiger partial charge on any atom is -0.375 e. The summed E-state index contributed by atoms with van der Waals surface area (Å²) in [6, 6.07) is 1.96. The monoisotopic (exact) mass is 113 g/mol. The van der Waals surface area contributed by atoms with Crippen molar-refractivity contribution >= 4 is 0 Å². The van der Waals surface area contributed by atoms with Crippen LogP contribution in [0.3, 0.4) is 0 Å². The van der Waals surface area contributed by atoms with Gasteiger partial charge >= 0.3 is 0 Å². The third-order valence-corrected chi connectivity index (χ3v) is 0.960. The van der Waals surface area contributed by atoms with Gasteiger partial charge in [-0.05, 0) is 0 Å². The lowest BCUT2D eigenvalue weighted by molar-refractivity contribution is -0.0643. The van der Waals surface area contributed by atoms with Crippen LogP contribution in [0.15, 0.2) is 0 Å². The van der Waals surface area contributed by atoms with Gasteiger partial charge < -0.3 is 9.47 Å². The van der Waals surface area contributed by atoms with Gasteiger partial charge in [0, 0.05) is 0 Å². The first kappa shape index (κ1) is 5.54. The van der Waals surface area contributed by atoms with E-state index in [2.05, 4.69) is 0 Å². The van der Waals surface area contributed by atoms with Crippen molar-refractivity contribution in [1.29, 1.82) is 5.26 Å². The van der Waals surface area contributed by atoms with Crippen LogP contribution in [0.2, 0.25) is 0 Å². The van der Waals surface area contributed by atoms with E-state index in [1.807, 2.05) is 6.07 Å². The Labute approximate surface area is 47.8 Å². The Bertz CT molecular complexity index is 101. The van der Waals surface area contributed by atoms with Crippen LogP contribution in [0.5, 0.6) is 0 Å². The average Bonchev–Trinajstić information content (AvgIpc) is 1.90. The summed E-state index contributed by atoms with van der Waals surface area (Å²) in [6.45, 7) is 1.60. The summed E-state index contributed by atoms with van der Waals surface area (Å²) in [5.41, 5.74) is 0. The minimum atomic E-state index is -0.330. The molecule has 0 amide bonds. The van der Waals surface area contributed by atoms with Crippen LogP contribution in [0.1, 0.15) is 0 Å². The summed E-state index contributed by atoms with van der Waals surface area (Å²) < 4.78 is 9.87. The molecule has 0 aromatic heterocycles. The summed E-state index contributed by atoms with van der Waals surface area (Å²) in [6.07, 6.45) is -0.330. The second-order valence-corrected chi connectivity index (χ2v) is 1.56. The fraction of sp³-hybridized carbons (Fsp3) is 0.800. The molecular weight excluding hydrogens is 106 g/mol. The Morgan fingerprint density at radius 3 is 2.75 bits per heavy atom. The molecule has 0 aromatic rings. The second-order valence-electron chi connectivity index (χ2n) is 1.56. The largest absolute Gasteiger partial charge is 0.375 e. The van der Waals surface area contributed by atoms with Gasteiger partial charge in [-0.2, -0.15) is 5.26 Å². The topological polar surface area (TPSA) is 42.2 Å². The zero-order valence-electron chi connectivity index (χ0n) is 4.46. The Kier molecular flexibility index (Phi) is 1.84. The van der Waals surface area contributed by atoms with E-state index in [9.17, 15) is 0 Å². The molecule has 1 unspecified atom stereocenters. The smallest absolute Gasteiger partial charge is 0.167 e. The maximum absolute atomic E-state index is 8.24. The van der Waals surface area contributed by atoms with Crippen molar-refractivity contribution in [2.24, 2.45) is 0 Å². The highest BCUT2D eigenvalue weighted by molar-refractivity contribution is 4.84. The molecule has 1 saturated heterocycles. The molecule has 3 nitrogen and oxygen atoms in total. The summed E-state index contributed by atoms with van der Waals surface area (Å²) >= 11 is 0. The number of hydrogen-bond acceptors (Lipinski definition) is 3. The molecule has 3 heteroatoms. The summed E-state index contributed by atoms with van der Waals surface area (Å²) in [4.78, 5) is 0. The predicted octanol–water partition coefficient (Wildman–Crippen LogP) is -0.0746. The lowest BCUT2D eigenvalue weighted by Crippen LogP contribution is -2.26. The Morgan fingerprint density at radius 2 is 2.38 bits per heavy atom. The molecule has 8 heavy (non-hydrogen) atoms. The van der Waals surface area contributed by atoms with Gasteiger partial charge in [0.1, 0.15) is 0 Å². The van der Waals surface area contributed by atoms with E-state index >= 15 is 0 Å². The van der Waals surface area contributed by atoms with E-state index < -0.39 is 0 Å². The third kappa shape index (κ3) is 1.19. The van der Waals surface area contributed by atoms with Crippen LogP contribution < -0.4 is 0 Å². The molecule has 0 saturated carbocycles. The first-order valence-electron chi connectivity index (χ1n) is 2.52. The van der Waals surface area contributed by atoms with Crippen LogP contribution in [0.25, 0.3) is 0 Å². The first-order valence-corrected chi connectivity index (χ1v) is 2.52. The minimum absolute atomic E-state index is 0.330. The highest BCUT2D eigenvalue weighted by atomic mass is 16.6. The van der Waals surface area contributed by atoms with Crippen LogP contribution in [-0.2, 0) is 9.47 Å². The SMILES string of the molecule is N#CC1COCCO1. The molecule has 1 aliphatic heterocycles. The van der Waals surface area contributed by atoms with E-state index in [1.165, 1.54) is 0 Å². The highest BCUT2D eigenvalue weighted by Crippen LogP contribution is 1.97. The molecule has 44 valence electrons. The number of nitriles is 1. The van der Waals surface area contributed by atoms with Gasteiger partial charge in [0.05, 0.1) is 25.9 Å². The fourth-order valence-electron chi connectivity index (χ4n) is 0.562. The van der Waals surface area contributed by atoms with Gasteiger partial charge in [-0.15, -0.1) is 0 Å². The number of rotatable bonds is 0. The zero-order valence-corrected chi connectivity index (χ0v) is 4.46. The van der Waals surface area contributed by atoms with Crippen molar-refractivity contribution in [2.75, 3.05) is 19.8 Å². The molecule has 1 heterocycles. The maximum Gasteiger partial charge on any atom is 0.167 e. The van der Waals surface area contributed by atoms with Crippen molar-refractivity contribution < 1.29 is 9.47 Å². The summed E-state index contributed by atoms with van der Waals surface area (Å²) in [7, 11) is 0. The van der Waals surface area contributed by atoms with Gasteiger partial charge in [0.2, 0.25) is 0 Å². The van der Waals surface area contributed by atoms with Crippen molar-refractivity contribution in [2.45, 2.75) is 6.10 Å². The van der Waals surface area contributed by atoms with Gasteiger partial charge in [-0.25, -0.2) is 0 Å². The molecule has 1 aliphatic rings. The quantitative estimate of drug-likeness (QED) is 0.441. The third-order valence-electron chi connectivity index (χ3n) is 0.960. The lowest BCUT2D eigenvalue weighted by Gasteiger charge is -2.15. The molecule has 0 bridgehead atoms. The van der Waals surface area contributed by atoms with Crippen LogP contribution in [0, 0.1) is 11.3 Å². The standard InChI is InChI=1S/C5H7NO2/c6-3-5-4-7-1-2-8-5/h5H,1-2,4H2. The van der Waals surface area contributed by atoms with Crippen LogP contribution in [0.4, 0.5) is 0 Å². The summed E-state index contributed by atoms with van der Waals surface area (Å²) in [5, 5.41) is 8.24. The van der Waals surface area contributed by atoms with Gasteiger partial charge in [0.25, 0.3) is 0 Å². The number of ether oxygens (including phenoxy) is 2. The lowest BCUT2D eigenvalue weighted by atomic mass is 10.4. The van der Waals surface area contributed by atoms with E-state index in [1.54, 1.807) is 0 Å². The van der Waals surface area contributed by atoms with E-state index in [-0.39, 0.29) is 6.10 Å². The van der Waals surface area contributed by atoms with Crippen molar-refractivity contribution in [1.82, 2.24) is 0 Å². The molecule has 0 spiro atoms. The van der Waals surface area contributed by atoms with Gasteiger partial charge in [0.15, 0.2) is 6.10 Å². The number of nitrogens with zero attached hydrogens (tertiary/aromatic N) is 1. The highest BCUT2D eigenvalue weighted by Gasteiger charge is 2.11. The zero-order chi connectivity index (χ0) is 5.82. The molecule has 0 aromatic carbocycles. The van der Waals surface area contributed by atoms with Gasteiger partial charge in [-0.3, -0.25) is 0 Å². The van der Waals surface area contributed by atoms with Gasteiger partial charge in [-0.1, -0.05) is 0 Å². The predicted molar refractivity (Wildman–Crippen MR) is 26.2 cm³/mol. The Balaban J connectivity index is 2.25.